The average molecular weight is 388 g/mol. The van der Waals surface area contributed by atoms with Crippen molar-refractivity contribution >= 4 is 39.5 Å². The fourth-order valence-corrected chi connectivity index (χ4v) is 2.89. The average Bonchev–Trinajstić information content (AvgIpc) is 2.81. The largest absolute Gasteiger partial charge is 0.322 e. The van der Waals surface area contributed by atoms with Crippen molar-refractivity contribution in [2.45, 2.75) is 12.5 Å². The van der Waals surface area contributed by atoms with Crippen LogP contribution in [0.5, 0.6) is 0 Å². The van der Waals surface area contributed by atoms with E-state index >= 15 is 0 Å². The van der Waals surface area contributed by atoms with Crippen LogP contribution < -0.4 is 16.0 Å². The summed E-state index contributed by atoms with van der Waals surface area (Å²) in [5, 5.41) is 7.60. The van der Waals surface area contributed by atoms with Gasteiger partial charge in [-0.2, -0.15) is 0 Å². The number of rotatable bonds is 3. The molecule has 24 heavy (non-hydrogen) atoms. The van der Waals surface area contributed by atoms with Gasteiger partial charge in [-0.05, 0) is 42.8 Å². The number of hydrogen-bond donors (Lipinski definition) is 3. The third-order valence-corrected chi connectivity index (χ3v) is 4.32. The Balaban J connectivity index is 1.85. The summed E-state index contributed by atoms with van der Waals surface area (Å²) in [4.78, 5) is 35.7. The molecule has 0 spiro atoms. The Morgan fingerprint density at radius 3 is 2.54 bits per heavy atom. The molecule has 2 aromatic carbocycles. The highest BCUT2D eigenvalue weighted by atomic mass is 79.9. The lowest BCUT2D eigenvalue weighted by Crippen LogP contribution is -2.40. The maximum absolute atomic E-state index is 12.3. The summed E-state index contributed by atoms with van der Waals surface area (Å²) in [6, 6.07) is 13.3. The van der Waals surface area contributed by atoms with Crippen molar-refractivity contribution < 1.29 is 14.4 Å². The van der Waals surface area contributed by atoms with E-state index in [0.717, 1.165) is 4.47 Å². The summed E-state index contributed by atoms with van der Waals surface area (Å²) in [6.07, 6.45) is 0. The quantitative estimate of drug-likeness (QED) is 0.707. The second-order valence-electron chi connectivity index (χ2n) is 5.58. The highest BCUT2D eigenvalue weighted by Crippen LogP contribution is 2.26. The molecule has 1 aliphatic heterocycles. The fraction of sp³-hybridized carbons (Fsp3) is 0.118. The van der Waals surface area contributed by atoms with Gasteiger partial charge >= 0.3 is 6.03 Å². The number of halogens is 1. The summed E-state index contributed by atoms with van der Waals surface area (Å²) < 4.78 is 0.807. The highest BCUT2D eigenvalue weighted by Gasteiger charge is 2.43. The van der Waals surface area contributed by atoms with Gasteiger partial charge < -0.3 is 10.6 Å². The van der Waals surface area contributed by atoms with Gasteiger partial charge in [0, 0.05) is 15.7 Å². The van der Waals surface area contributed by atoms with E-state index in [1.54, 1.807) is 49.4 Å². The number of urea groups is 1. The van der Waals surface area contributed by atoms with Crippen molar-refractivity contribution in [2.24, 2.45) is 0 Å². The number of benzene rings is 2. The Hall–Kier alpha value is -2.67. The van der Waals surface area contributed by atoms with E-state index in [-0.39, 0.29) is 5.91 Å². The molecule has 1 saturated heterocycles. The van der Waals surface area contributed by atoms with Crippen LogP contribution in [0.1, 0.15) is 22.8 Å². The molecule has 0 aliphatic carbocycles. The molecule has 3 rings (SSSR count). The first-order valence-electron chi connectivity index (χ1n) is 7.19. The van der Waals surface area contributed by atoms with E-state index in [4.69, 9.17) is 0 Å². The molecule has 7 heteroatoms. The SMILES string of the molecule is CC1(c2cccc(NC(=O)c3cccc(Br)c3)c2)NC(=O)NC1=O. The van der Waals surface area contributed by atoms with Crippen molar-refractivity contribution in [3.63, 3.8) is 0 Å². The maximum atomic E-state index is 12.3. The third-order valence-electron chi connectivity index (χ3n) is 3.83. The van der Waals surface area contributed by atoms with Crippen molar-refractivity contribution in [3.8, 4) is 0 Å². The minimum atomic E-state index is -1.16. The van der Waals surface area contributed by atoms with Gasteiger partial charge in [-0.1, -0.05) is 34.1 Å². The molecule has 0 bridgehead atoms. The minimum Gasteiger partial charge on any atom is -0.322 e. The van der Waals surface area contributed by atoms with Crippen LogP contribution in [0.4, 0.5) is 10.5 Å². The molecule has 1 heterocycles. The van der Waals surface area contributed by atoms with Crippen molar-refractivity contribution in [3.05, 3.63) is 64.1 Å². The summed E-state index contributed by atoms with van der Waals surface area (Å²) in [6.45, 7) is 1.61. The second-order valence-corrected chi connectivity index (χ2v) is 6.49. The van der Waals surface area contributed by atoms with Gasteiger partial charge in [-0.3, -0.25) is 14.9 Å². The predicted octanol–water partition coefficient (Wildman–Crippen LogP) is 2.76. The van der Waals surface area contributed by atoms with E-state index in [1.807, 2.05) is 6.07 Å². The normalized spacial score (nSPS) is 19.6. The number of carbonyl (C=O) groups is 3. The number of carbonyl (C=O) groups excluding carboxylic acids is 3. The first-order chi connectivity index (χ1) is 11.4. The minimum absolute atomic E-state index is 0.265. The van der Waals surface area contributed by atoms with Gasteiger partial charge in [0.2, 0.25) is 0 Å². The van der Waals surface area contributed by atoms with Crippen LogP contribution in [-0.4, -0.2) is 17.8 Å². The first-order valence-corrected chi connectivity index (χ1v) is 7.99. The lowest BCUT2D eigenvalue weighted by atomic mass is 9.92. The molecule has 1 atom stereocenters. The zero-order chi connectivity index (χ0) is 17.3. The highest BCUT2D eigenvalue weighted by molar-refractivity contribution is 9.10. The molecule has 1 unspecified atom stereocenters. The van der Waals surface area contributed by atoms with E-state index in [0.29, 0.717) is 16.8 Å². The molecule has 122 valence electrons. The van der Waals surface area contributed by atoms with Crippen LogP contribution in [0.3, 0.4) is 0 Å². The Morgan fingerprint density at radius 2 is 1.88 bits per heavy atom. The van der Waals surface area contributed by atoms with Gasteiger partial charge in [0.25, 0.3) is 11.8 Å². The van der Waals surface area contributed by atoms with Gasteiger partial charge in [0.05, 0.1) is 0 Å². The van der Waals surface area contributed by atoms with E-state index in [1.165, 1.54) is 0 Å². The van der Waals surface area contributed by atoms with E-state index in [9.17, 15) is 14.4 Å². The predicted molar refractivity (Wildman–Crippen MR) is 92.6 cm³/mol. The van der Waals surface area contributed by atoms with Gasteiger partial charge in [0.15, 0.2) is 0 Å². The Labute approximate surface area is 146 Å². The smallest absolute Gasteiger partial charge is 0.322 e. The third kappa shape index (κ3) is 3.03. The zero-order valence-corrected chi connectivity index (χ0v) is 14.3. The molecular weight excluding hydrogens is 374 g/mol. The number of anilines is 1. The molecular formula is C17H14BrN3O3. The molecule has 1 fully saturated rings. The van der Waals surface area contributed by atoms with Crippen molar-refractivity contribution in [1.29, 1.82) is 0 Å². The second kappa shape index (κ2) is 6.09. The lowest BCUT2D eigenvalue weighted by molar-refractivity contribution is -0.123. The van der Waals surface area contributed by atoms with Gasteiger partial charge in [-0.15, -0.1) is 0 Å². The monoisotopic (exact) mass is 387 g/mol. The van der Waals surface area contributed by atoms with Crippen LogP contribution in [-0.2, 0) is 10.3 Å². The van der Waals surface area contributed by atoms with Gasteiger partial charge in [0.1, 0.15) is 5.54 Å². The molecule has 4 amide bonds. The van der Waals surface area contributed by atoms with E-state index in [2.05, 4.69) is 31.9 Å². The topological polar surface area (TPSA) is 87.3 Å². The molecule has 0 radical (unpaired) electrons. The fourth-order valence-electron chi connectivity index (χ4n) is 2.49. The van der Waals surface area contributed by atoms with Crippen molar-refractivity contribution in [2.75, 3.05) is 5.32 Å². The Bertz CT molecular complexity index is 852. The summed E-state index contributed by atoms with van der Waals surface area (Å²) in [7, 11) is 0. The molecule has 6 nitrogen and oxygen atoms in total. The standard InChI is InChI=1S/C17H14BrN3O3/c1-17(15(23)20-16(24)21-17)11-5-3-7-13(9-11)19-14(22)10-4-2-6-12(18)8-10/h2-9H,1H3,(H,19,22)(H2,20,21,23,24). The van der Waals surface area contributed by atoms with Gasteiger partial charge in [-0.25, -0.2) is 4.79 Å². The summed E-state index contributed by atoms with van der Waals surface area (Å²) >= 11 is 3.33. The lowest BCUT2D eigenvalue weighted by Gasteiger charge is -2.21. The molecule has 1 aliphatic rings. The van der Waals surface area contributed by atoms with Crippen molar-refractivity contribution in [1.82, 2.24) is 10.6 Å². The van der Waals surface area contributed by atoms with Crippen LogP contribution in [0, 0.1) is 0 Å². The number of amides is 4. The maximum Gasteiger partial charge on any atom is 0.322 e. The van der Waals surface area contributed by atoms with Crippen LogP contribution in [0.15, 0.2) is 53.0 Å². The van der Waals surface area contributed by atoms with Crippen LogP contribution >= 0.6 is 15.9 Å². The first kappa shape index (κ1) is 16.2. The molecule has 0 aromatic heterocycles. The summed E-state index contributed by atoms with van der Waals surface area (Å²) in [5.41, 5.74) is 0.464. The molecule has 0 saturated carbocycles. The molecule has 2 aromatic rings. The number of imide groups is 1. The molecule has 3 N–H and O–H groups in total. The van der Waals surface area contributed by atoms with E-state index < -0.39 is 17.5 Å². The zero-order valence-electron chi connectivity index (χ0n) is 12.7. The summed E-state index contributed by atoms with van der Waals surface area (Å²) in [5.74, 6) is -0.693. The Morgan fingerprint density at radius 1 is 1.12 bits per heavy atom. The number of hydrogen-bond acceptors (Lipinski definition) is 3. The number of nitrogens with one attached hydrogen (secondary N) is 3. The van der Waals surface area contributed by atoms with Crippen LogP contribution in [0.2, 0.25) is 0 Å². The Kier molecular flexibility index (Phi) is 4.11. The van der Waals surface area contributed by atoms with Crippen LogP contribution in [0.25, 0.3) is 0 Å².